The van der Waals surface area contributed by atoms with Gasteiger partial charge in [0.15, 0.2) is 34.5 Å². The number of hydrogen-bond acceptors (Lipinski definition) is 8. The van der Waals surface area contributed by atoms with Gasteiger partial charge in [0.25, 0.3) is 5.56 Å². The zero-order valence-corrected chi connectivity index (χ0v) is 14.6. The summed E-state index contributed by atoms with van der Waals surface area (Å²) in [5, 5.41) is 58.7. The Bertz CT molecular complexity index is 1300. The fourth-order valence-electron chi connectivity index (χ4n) is 3.05. The molecule has 0 atom stereocenters. The molecule has 2 aromatic heterocycles. The lowest BCUT2D eigenvalue weighted by Gasteiger charge is -2.13. The van der Waals surface area contributed by atoms with Gasteiger partial charge in [-0.3, -0.25) is 9.20 Å². The first-order chi connectivity index (χ1) is 13.8. The van der Waals surface area contributed by atoms with Gasteiger partial charge in [-0.1, -0.05) is 6.07 Å². The van der Waals surface area contributed by atoms with Crippen LogP contribution >= 0.6 is 0 Å². The minimum absolute atomic E-state index is 0.0105. The van der Waals surface area contributed by atoms with Crippen LogP contribution in [0.4, 0.5) is 0 Å². The van der Waals surface area contributed by atoms with E-state index >= 15 is 0 Å². The van der Waals surface area contributed by atoms with Crippen molar-refractivity contribution in [2.75, 3.05) is 0 Å². The molecule has 0 bridgehead atoms. The van der Waals surface area contributed by atoms with Gasteiger partial charge in [-0.2, -0.15) is 0 Å². The van der Waals surface area contributed by atoms with E-state index in [2.05, 4.69) is 4.98 Å². The van der Waals surface area contributed by atoms with Crippen molar-refractivity contribution in [1.29, 1.82) is 0 Å². The van der Waals surface area contributed by atoms with Crippen molar-refractivity contribution in [1.82, 2.24) is 9.38 Å². The highest BCUT2D eigenvalue weighted by molar-refractivity contribution is 5.84. The van der Waals surface area contributed by atoms with Gasteiger partial charge in [0.1, 0.15) is 5.65 Å². The largest absolute Gasteiger partial charge is 0.504 e. The Morgan fingerprint density at radius 2 is 1.24 bits per heavy atom. The van der Waals surface area contributed by atoms with E-state index in [-0.39, 0.29) is 28.0 Å². The molecule has 29 heavy (non-hydrogen) atoms. The predicted molar refractivity (Wildman–Crippen MR) is 102 cm³/mol. The molecule has 0 saturated carbocycles. The summed E-state index contributed by atoms with van der Waals surface area (Å²) in [6, 6.07) is 9.22. The molecule has 0 saturated heterocycles. The van der Waals surface area contributed by atoms with Crippen molar-refractivity contribution < 1.29 is 30.6 Å². The van der Waals surface area contributed by atoms with Crippen LogP contribution in [0.1, 0.15) is 0 Å². The summed E-state index contributed by atoms with van der Waals surface area (Å²) < 4.78 is 1.24. The molecule has 0 unspecified atom stereocenters. The number of aromatic hydroxyl groups is 6. The molecule has 4 aromatic rings. The number of benzene rings is 2. The summed E-state index contributed by atoms with van der Waals surface area (Å²) in [5.41, 5.74) is -0.239. The Hall–Kier alpha value is -4.40. The molecule has 0 aliphatic carbocycles. The van der Waals surface area contributed by atoms with Crippen molar-refractivity contribution >= 4 is 5.65 Å². The molecule has 4 rings (SSSR count). The van der Waals surface area contributed by atoms with Gasteiger partial charge in [0, 0.05) is 11.8 Å². The van der Waals surface area contributed by atoms with E-state index in [1.165, 1.54) is 10.6 Å². The summed E-state index contributed by atoms with van der Waals surface area (Å²) in [5.74, 6) is -4.04. The summed E-state index contributed by atoms with van der Waals surface area (Å²) in [6.45, 7) is 0. The SMILES string of the molecule is O=c1c(-c2cc(O)c(O)c(O)c2)c(-c2cc(O)c(O)c(O)c2)nc2ccccn12. The number of hydrogen-bond donors (Lipinski definition) is 6. The fourth-order valence-corrected chi connectivity index (χ4v) is 3.05. The Morgan fingerprint density at radius 3 is 1.79 bits per heavy atom. The standard InChI is InChI=1S/C20H14N2O7/c23-11-5-9(6-12(24)18(11)27)16-17(10-7-13(25)19(28)14(26)8-10)21-15-3-1-2-4-22(15)20(16)29/h1-8,23-28H. The van der Waals surface area contributed by atoms with Crippen LogP contribution in [0.3, 0.4) is 0 Å². The lowest BCUT2D eigenvalue weighted by atomic mass is 9.99. The molecule has 0 fully saturated rings. The maximum atomic E-state index is 13.2. The molecule has 9 heteroatoms. The molecule has 6 N–H and O–H groups in total. The molecule has 0 aliphatic heterocycles. The van der Waals surface area contributed by atoms with Gasteiger partial charge in [-0.25, -0.2) is 4.98 Å². The second-order valence-electron chi connectivity index (χ2n) is 6.30. The Labute approximate surface area is 162 Å². The summed E-state index contributed by atoms with van der Waals surface area (Å²) in [6.07, 6.45) is 1.48. The van der Waals surface area contributed by atoms with E-state index in [1.54, 1.807) is 18.2 Å². The third kappa shape index (κ3) is 2.81. The highest BCUT2D eigenvalue weighted by atomic mass is 16.3. The quantitative estimate of drug-likeness (QED) is 0.283. The number of aromatic nitrogens is 2. The van der Waals surface area contributed by atoms with Gasteiger partial charge in [-0.15, -0.1) is 0 Å². The zero-order valence-electron chi connectivity index (χ0n) is 14.6. The van der Waals surface area contributed by atoms with Crippen LogP contribution in [0, 0.1) is 0 Å². The maximum absolute atomic E-state index is 13.2. The van der Waals surface area contributed by atoms with E-state index in [0.717, 1.165) is 24.3 Å². The normalized spacial score (nSPS) is 11.0. The maximum Gasteiger partial charge on any atom is 0.266 e. The van der Waals surface area contributed by atoms with Gasteiger partial charge in [0.05, 0.1) is 11.3 Å². The molecule has 0 spiro atoms. The number of nitrogens with zero attached hydrogens (tertiary/aromatic N) is 2. The van der Waals surface area contributed by atoms with Crippen LogP contribution in [0.25, 0.3) is 28.0 Å². The first-order valence-corrected chi connectivity index (χ1v) is 8.30. The van der Waals surface area contributed by atoms with Crippen LogP contribution in [-0.2, 0) is 0 Å². The van der Waals surface area contributed by atoms with E-state index in [9.17, 15) is 35.4 Å². The highest BCUT2D eigenvalue weighted by Gasteiger charge is 2.21. The Balaban J connectivity index is 2.14. The molecular formula is C20H14N2O7. The predicted octanol–water partition coefficient (Wildman–Crippen LogP) is 2.26. The number of phenolic OH excluding ortho intramolecular Hbond substituents is 6. The van der Waals surface area contributed by atoms with Crippen molar-refractivity contribution in [2.45, 2.75) is 0 Å². The second kappa shape index (κ2) is 6.34. The fraction of sp³-hybridized carbons (Fsp3) is 0. The van der Waals surface area contributed by atoms with Crippen LogP contribution in [0.2, 0.25) is 0 Å². The molecule has 0 amide bonds. The highest BCUT2D eigenvalue weighted by Crippen LogP contribution is 2.43. The minimum atomic E-state index is -0.746. The minimum Gasteiger partial charge on any atom is -0.504 e. The van der Waals surface area contributed by atoms with Crippen molar-refractivity contribution in [3.8, 4) is 56.9 Å². The third-order valence-electron chi connectivity index (χ3n) is 4.44. The molecule has 0 radical (unpaired) electrons. The smallest absolute Gasteiger partial charge is 0.266 e. The van der Waals surface area contributed by atoms with E-state index < -0.39 is 40.1 Å². The first kappa shape index (κ1) is 18.0. The van der Waals surface area contributed by atoms with Crippen LogP contribution < -0.4 is 5.56 Å². The van der Waals surface area contributed by atoms with Crippen LogP contribution in [0.5, 0.6) is 34.5 Å². The molecule has 9 nitrogen and oxygen atoms in total. The summed E-state index contributed by atoms with van der Waals surface area (Å²) in [4.78, 5) is 17.6. The van der Waals surface area contributed by atoms with Gasteiger partial charge in [0.2, 0.25) is 0 Å². The summed E-state index contributed by atoms with van der Waals surface area (Å²) >= 11 is 0. The summed E-state index contributed by atoms with van der Waals surface area (Å²) in [7, 11) is 0. The first-order valence-electron chi connectivity index (χ1n) is 8.30. The molecule has 2 aromatic carbocycles. The average molecular weight is 394 g/mol. The number of rotatable bonds is 2. The lowest BCUT2D eigenvalue weighted by Crippen LogP contribution is -2.18. The monoisotopic (exact) mass is 394 g/mol. The number of fused-ring (bicyclic) bond motifs is 1. The molecular weight excluding hydrogens is 380 g/mol. The van der Waals surface area contributed by atoms with Crippen molar-refractivity contribution in [3.05, 3.63) is 59.0 Å². The van der Waals surface area contributed by atoms with E-state index in [1.807, 2.05) is 0 Å². The molecule has 2 heterocycles. The number of phenols is 6. The lowest BCUT2D eigenvalue weighted by molar-refractivity contribution is 0.368. The van der Waals surface area contributed by atoms with Crippen molar-refractivity contribution in [3.63, 3.8) is 0 Å². The molecule has 0 aliphatic rings. The number of pyridine rings is 1. The third-order valence-corrected chi connectivity index (χ3v) is 4.44. The zero-order chi connectivity index (χ0) is 20.9. The van der Waals surface area contributed by atoms with E-state index in [4.69, 9.17) is 0 Å². The van der Waals surface area contributed by atoms with Gasteiger partial charge >= 0.3 is 0 Å². The Kier molecular flexibility index (Phi) is 3.93. The second-order valence-corrected chi connectivity index (χ2v) is 6.30. The van der Waals surface area contributed by atoms with E-state index in [0.29, 0.717) is 0 Å². The average Bonchev–Trinajstić information content (AvgIpc) is 2.69. The van der Waals surface area contributed by atoms with Crippen LogP contribution in [-0.4, -0.2) is 40.0 Å². The topological polar surface area (TPSA) is 156 Å². The molecule has 146 valence electrons. The van der Waals surface area contributed by atoms with Crippen molar-refractivity contribution in [2.24, 2.45) is 0 Å². The van der Waals surface area contributed by atoms with Gasteiger partial charge in [-0.05, 0) is 42.0 Å². The van der Waals surface area contributed by atoms with Gasteiger partial charge < -0.3 is 30.6 Å². The Morgan fingerprint density at radius 1 is 0.724 bits per heavy atom. The van der Waals surface area contributed by atoms with Crippen LogP contribution in [0.15, 0.2) is 53.5 Å².